The van der Waals surface area contributed by atoms with Gasteiger partial charge >= 0.3 is 0 Å². The number of allylic oxidation sites excluding steroid dienone is 3. The number of pyridine rings is 1. The Balaban J connectivity index is 2.21. The fourth-order valence-corrected chi connectivity index (χ4v) is 2.50. The summed E-state index contributed by atoms with van der Waals surface area (Å²) in [5, 5.41) is 0. The van der Waals surface area contributed by atoms with Crippen molar-refractivity contribution < 1.29 is 0 Å². The van der Waals surface area contributed by atoms with Gasteiger partial charge in [0, 0.05) is 5.69 Å². The van der Waals surface area contributed by atoms with E-state index in [2.05, 4.69) is 42.3 Å². The summed E-state index contributed by atoms with van der Waals surface area (Å²) in [4.78, 5) is 4.59. The standard InChI is InChI=1S/C13H13N/c1-9-13-10-5-3-2-4-6-12(14-9)8-11(13)7-10/h2-4,6,8,10H,5,7H2,1H3/b3-2+,6-4-. The number of fused-ring (bicyclic) bond motifs is 3. The van der Waals surface area contributed by atoms with Gasteiger partial charge in [-0.1, -0.05) is 18.2 Å². The number of nitrogens with zero attached hydrogens (tertiary/aromatic N) is 1. The van der Waals surface area contributed by atoms with E-state index >= 15 is 0 Å². The van der Waals surface area contributed by atoms with Gasteiger partial charge in [0.05, 0.1) is 5.69 Å². The van der Waals surface area contributed by atoms with Crippen LogP contribution in [-0.2, 0) is 6.42 Å². The van der Waals surface area contributed by atoms with Crippen molar-refractivity contribution in [2.75, 3.05) is 0 Å². The van der Waals surface area contributed by atoms with Crippen LogP contribution >= 0.6 is 0 Å². The minimum Gasteiger partial charge on any atom is -0.253 e. The molecule has 1 aliphatic heterocycles. The molecule has 2 heterocycles. The Bertz CT molecular complexity index is 424. The van der Waals surface area contributed by atoms with Crippen LogP contribution in [0.5, 0.6) is 0 Å². The molecule has 0 amide bonds. The van der Waals surface area contributed by atoms with E-state index in [9.17, 15) is 0 Å². The molecule has 0 saturated heterocycles. The summed E-state index contributed by atoms with van der Waals surface area (Å²) in [7, 11) is 0. The van der Waals surface area contributed by atoms with Crippen LogP contribution in [0.3, 0.4) is 0 Å². The monoisotopic (exact) mass is 183 g/mol. The maximum absolute atomic E-state index is 4.59. The zero-order valence-corrected chi connectivity index (χ0v) is 8.33. The second-order valence-corrected chi connectivity index (χ2v) is 4.13. The molecule has 0 fully saturated rings. The SMILES string of the molecule is Cc1nc2cc3c1C(C/C=C/C=C\2)C3. The summed E-state index contributed by atoms with van der Waals surface area (Å²) < 4.78 is 0. The zero-order chi connectivity index (χ0) is 9.54. The van der Waals surface area contributed by atoms with Crippen LogP contribution in [0.2, 0.25) is 0 Å². The van der Waals surface area contributed by atoms with Crippen LogP contribution in [0.15, 0.2) is 24.3 Å². The van der Waals surface area contributed by atoms with Crippen LogP contribution in [0.1, 0.15) is 34.9 Å². The van der Waals surface area contributed by atoms with E-state index in [0.29, 0.717) is 0 Å². The van der Waals surface area contributed by atoms with E-state index in [1.807, 2.05) is 0 Å². The molecular weight excluding hydrogens is 170 g/mol. The van der Waals surface area contributed by atoms with Crippen molar-refractivity contribution in [3.63, 3.8) is 0 Å². The summed E-state index contributed by atoms with van der Waals surface area (Å²) in [6.07, 6.45) is 11.0. The third-order valence-corrected chi connectivity index (χ3v) is 3.16. The summed E-state index contributed by atoms with van der Waals surface area (Å²) in [6, 6.07) is 2.23. The van der Waals surface area contributed by atoms with Crippen molar-refractivity contribution in [2.24, 2.45) is 0 Å². The lowest BCUT2D eigenvalue weighted by Gasteiger charge is -2.31. The highest BCUT2D eigenvalue weighted by Crippen LogP contribution is 2.40. The largest absolute Gasteiger partial charge is 0.253 e. The fraction of sp³-hybridized carbons (Fsp3) is 0.308. The first kappa shape index (κ1) is 7.98. The van der Waals surface area contributed by atoms with Gasteiger partial charge < -0.3 is 0 Å². The molecule has 0 N–H and O–H groups in total. The number of rotatable bonds is 0. The molecule has 4 bridgehead atoms. The fourth-order valence-electron chi connectivity index (χ4n) is 2.50. The molecule has 70 valence electrons. The molecule has 4 rings (SSSR count). The number of hydrogen-bond acceptors (Lipinski definition) is 1. The molecule has 1 aromatic rings. The first-order valence-corrected chi connectivity index (χ1v) is 5.18. The summed E-state index contributed by atoms with van der Waals surface area (Å²) in [6.45, 7) is 2.13. The number of hydrogen-bond donors (Lipinski definition) is 0. The second-order valence-electron chi connectivity index (χ2n) is 4.13. The lowest BCUT2D eigenvalue weighted by Crippen LogP contribution is -2.20. The van der Waals surface area contributed by atoms with E-state index < -0.39 is 0 Å². The van der Waals surface area contributed by atoms with Crippen molar-refractivity contribution >= 4 is 6.08 Å². The van der Waals surface area contributed by atoms with Crippen molar-refractivity contribution in [1.29, 1.82) is 0 Å². The topological polar surface area (TPSA) is 12.9 Å². The molecule has 14 heavy (non-hydrogen) atoms. The Hall–Kier alpha value is -1.37. The van der Waals surface area contributed by atoms with Crippen LogP contribution in [0.25, 0.3) is 6.08 Å². The van der Waals surface area contributed by atoms with Crippen molar-refractivity contribution in [2.45, 2.75) is 25.7 Å². The van der Waals surface area contributed by atoms with Gasteiger partial charge in [0.15, 0.2) is 0 Å². The Morgan fingerprint density at radius 2 is 2.29 bits per heavy atom. The van der Waals surface area contributed by atoms with Crippen LogP contribution < -0.4 is 0 Å². The molecular formula is C13H13N. The van der Waals surface area contributed by atoms with E-state index in [-0.39, 0.29) is 0 Å². The highest BCUT2D eigenvalue weighted by Gasteiger charge is 2.28. The zero-order valence-electron chi connectivity index (χ0n) is 8.33. The molecule has 0 saturated carbocycles. The molecule has 1 unspecified atom stereocenters. The maximum Gasteiger partial charge on any atom is 0.0635 e. The Labute approximate surface area is 84.2 Å². The van der Waals surface area contributed by atoms with Gasteiger partial charge in [0.2, 0.25) is 0 Å². The summed E-state index contributed by atoms with van der Waals surface area (Å²) in [5.74, 6) is 0.731. The van der Waals surface area contributed by atoms with Crippen LogP contribution in [0, 0.1) is 6.92 Å². The lowest BCUT2D eigenvalue weighted by atomic mass is 9.74. The number of aromatic nitrogens is 1. The quantitative estimate of drug-likeness (QED) is 0.602. The molecule has 1 atom stereocenters. The van der Waals surface area contributed by atoms with Crippen molar-refractivity contribution in [3.05, 3.63) is 46.8 Å². The van der Waals surface area contributed by atoms with Gasteiger partial charge in [0.1, 0.15) is 0 Å². The minimum atomic E-state index is 0.731. The van der Waals surface area contributed by atoms with E-state index in [4.69, 9.17) is 0 Å². The third kappa shape index (κ3) is 1.05. The van der Waals surface area contributed by atoms with E-state index in [1.165, 1.54) is 29.7 Å². The predicted molar refractivity (Wildman–Crippen MR) is 58.2 cm³/mol. The first-order valence-electron chi connectivity index (χ1n) is 5.18. The van der Waals surface area contributed by atoms with Gasteiger partial charge in [0.25, 0.3) is 0 Å². The van der Waals surface area contributed by atoms with Gasteiger partial charge in [-0.25, -0.2) is 0 Å². The minimum absolute atomic E-state index is 0.731. The third-order valence-electron chi connectivity index (χ3n) is 3.16. The van der Waals surface area contributed by atoms with Gasteiger partial charge in [-0.3, -0.25) is 4.98 Å². The highest BCUT2D eigenvalue weighted by atomic mass is 14.7. The molecule has 0 spiro atoms. The van der Waals surface area contributed by atoms with Crippen LogP contribution in [0.4, 0.5) is 0 Å². The normalized spacial score (nSPS) is 26.8. The Kier molecular flexibility index (Phi) is 1.60. The van der Waals surface area contributed by atoms with Gasteiger partial charge in [-0.2, -0.15) is 0 Å². The Morgan fingerprint density at radius 3 is 3.14 bits per heavy atom. The molecule has 3 aliphatic rings. The summed E-state index contributed by atoms with van der Waals surface area (Å²) in [5.41, 5.74) is 5.35. The predicted octanol–water partition coefficient (Wildman–Crippen LogP) is 3.00. The maximum atomic E-state index is 4.59. The molecule has 2 aliphatic carbocycles. The van der Waals surface area contributed by atoms with E-state index in [1.54, 1.807) is 0 Å². The van der Waals surface area contributed by atoms with Crippen LogP contribution in [-0.4, -0.2) is 4.98 Å². The second kappa shape index (κ2) is 2.81. The average Bonchev–Trinajstić information content (AvgIpc) is 2.13. The van der Waals surface area contributed by atoms with Crippen molar-refractivity contribution in [1.82, 2.24) is 4.98 Å². The summed E-state index contributed by atoms with van der Waals surface area (Å²) >= 11 is 0. The number of aryl methyl sites for hydroxylation is 1. The highest BCUT2D eigenvalue weighted by molar-refractivity contribution is 5.54. The van der Waals surface area contributed by atoms with E-state index in [0.717, 1.165) is 11.6 Å². The first-order chi connectivity index (χ1) is 6.84. The van der Waals surface area contributed by atoms with Gasteiger partial charge in [-0.15, -0.1) is 0 Å². The molecule has 0 aromatic carbocycles. The van der Waals surface area contributed by atoms with Gasteiger partial charge in [-0.05, 0) is 49.0 Å². The molecule has 1 aromatic heterocycles. The Morgan fingerprint density at radius 1 is 1.36 bits per heavy atom. The molecule has 0 radical (unpaired) electrons. The molecule has 1 nitrogen and oxygen atoms in total. The average molecular weight is 183 g/mol. The smallest absolute Gasteiger partial charge is 0.0635 e. The van der Waals surface area contributed by atoms with Crippen molar-refractivity contribution in [3.8, 4) is 0 Å². The molecule has 1 heteroatoms. The lowest BCUT2D eigenvalue weighted by molar-refractivity contribution is 0.603.